The van der Waals surface area contributed by atoms with Crippen LogP contribution < -0.4 is 5.32 Å². The Morgan fingerprint density at radius 1 is 0.345 bits per heavy atom. The first kappa shape index (κ1) is 84.2. The third kappa shape index (κ3) is 56.5. The van der Waals surface area contributed by atoms with Crippen LogP contribution in [-0.4, -0.2) is 87.5 Å². The van der Waals surface area contributed by atoms with Crippen molar-refractivity contribution in [2.24, 2.45) is 0 Å². The zero-order valence-electron chi connectivity index (χ0n) is 58.6. The normalized spacial score (nSPS) is 17.8. The number of carbonyl (C=O) groups is 1. The highest BCUT2D eigenvalue weighted by Gasteiger charge is 2.44. The number of carbonyl (C=O) groups excluding carboxylic acids is 1. The van der Waals surface area contributed by atoms with Crippen LogP contribution in [0, 0.1) is 0 Å². The van der Waals surface area contributed by atoms with Gasteiger partial charge in [0.25, 0.3) is 0 Å². The Balaban J connectivity index is 2.01. The molecule has 9 nitrogen and oxygen atoms in total. The molecule has 6 N–H and O–H groups in total. The molecule has 1 aliphatic rings. The number of hydrogen-bond acceptors (Lipinski definition) is 8. The lowest BCUT2D eigenvalue weighted by molar-refractivity contribution is -0.302. The Hall–Kier alpha value is -0.810. The quantitative estimate of drug-likeness (QED) is 0.0330. The fourth-order valence-electron chi connectivity index (χ4n) is 13.5. The number of amides is 1. The van der Waals surface area contributed by atoms with E-state index in [0.29, 0.717) is 12.8 Å². The highest BCUT2D eigenvalue weighted by atomic mass is 16.7. The lowest BCUT2D eigenvalue weighted by Gasteiger charge is -2.40. The number of rotatable bonds is 72. The molecular formula is C78H155NO8. The summed E-state index contributed by atoms with van der Waals surface area (Å²) in [7, 11) is 0. The number of unbranched alkanes of at least 4 members (excludes halogenated alkanes) is 62. The highest BCUT2D eigenvalue weighted by molar-refractivity contribution is 5.76. The van der Waals surface area contributed by atoms with Gasteiger partial charge in [0.05, 0.1) is 25.4 Å². The van der Waals surface area contributed by atoms with Crippen molar-refractivity contribution in [2.75, 3.05) is 13.2 Å². The third-order valence-corrected chi connectivity index (χ3v) is 19.7. The molecular weight excluding hydrogens is 1080 g/mol. The molecule has 1 rings (SSSR count). The van der Waals surface area contributed by atoms with E-state index in [0.717, 1.165) is 38.5 Å². The van der Waals surface area contributed by atoms with Gasteiger partial charge in [-0.15, -0.1) is 0 Å². The Bertz CT molecular complexity index is 1340. The second kappa shape index (κ2) is 68.1. The maximum atomic E-state index is 13.2. The second-order valence-corrected chi connectivity index (χ2v) is 28.2. The van der Waals surface area contributed by atoms with E-state index < -0.39 is 49.5 Å². The van der Waals surface area contributed by atoms with Gasteiger partial charge in [0, 0.05) is 6.42 Å². The maximum absolute atomic E-state index is 13.2. The molecule has 9 heteroatoms. The minimum Gasteiger partial charge on any atom is -0.394 e. The van der Waals surface area contributed by atoms with Crippen LogP contribution in [0.2, 0.25) is 0 Å². The summed E-state index contributed by atoms with van der Waals surface area (Å²) in [4.78, 5) is 13.2. The van der Waals surface area contributed by atoms with Crippen molar-refractivity contribution < 1.29 is 39.8 Å². The SMILES string of the molecule is CCCCCCCCCCCCCCCCCCCCCCCCCCCCCCCCCCCCCCCCCCC(=O)NC(COC1OC(CO)C(O)C(O)C1O)C(O)CCCCCCCCCCCCCCCCCCCCCCCCCC. The van der Waals surface area contributed by atoms with Gasteiger partial charge in [-0.1, -0.05) is 418 Å². The van der Waals surface area contributed by atoms with Gasteiger partial charge in [0.1, 0.15) is 24.4 Å². The number of aliphatic hydroxyl groups excluding tert-OH is 5. The van der Waals surface area contributed by atoms with Gasteiger partial charge in [-0.2, -0.15) is 0 Å². The molecule has 0 spiro atoms. The molecule has 87 heavy (non-hydrogen) atoms. The van der Waals surface area contributed by atoms with Crippen molar-refractivity contribution in [3.8, 4) is 0 Å². The zero-order chi connectivity index (χ0) is 62.8. The Kier molecular flexibility index (Phi) is 65.9. The summed E-state index contributed by atoms with van der Waals surface area (Å²) in [5.74, 6) is -0.132. The predicted octanol–water partition coefficient (Wildman–Crippen LogP) is 22.4. The van der Waals surface area contributed by atoms with Gasteiger partial charge < -0.3 is 40.3 Å². The molecule has 0 aliphatic carbocycles. The van der Waals surface area contributed by atoms with Crippen LogP contribution in [0.15, 0.2) is 0 Å². The Morgan fingerprint density at radius 3 is 0.816 bits per heavy atom. The summed E-state index contributed by atoms with van der Waals surface area (Å²) in [6.45, 7) is 3.92. The predicted molar refractivity (Wildman–Crippen MR) is 374 cm³/mol. The van der Waals surface area contributed by atoms with Gasteiger partial charge >= 0.3 is 0 Å². The van der Waals surface area contributed by atoms with E-state index in [1.165, 1.54) is 372 Å². The lowest BCUT2D eigenvalue weighted by Crippen LogP contribution is -2.60. The standard InChI is InChI=1S/C78H155NO8/c1-3-5-7-9-11-13-15-17-19-21-23-25-27-29-30-31-32-33-34-35-36-37-38-39-40-41-42-43-44-46-48-50-52-54-56-58-60-62-64-66-68-74(82)79-71(70-86-78-77(85)76(84)75(83)73(69-80)87-78)72(81)67-65-63-61-59-57-55-53-51-49-47-45-28-26-24-22-20-18-16-14-12-10-8-6-4-2/h71-73,75-78,80-81,83-85H,3-70H2,1-2H3,(H,79,82). The topological polar surface area (TPSA) is 149 Å². The molecule has 520 valence electrons. The van der Waals surface area contributed by atoms with E-state index in [2.05, 4.69) is 19.2 Å². The van der Waals surface area contributed by atoms with Crippen LogP contribution in [0.1, 0.15) is 438 Å². The number of hydrogen-bond donors (Lipinski definition) is 6. The lowest BCUT2D eigenvalue weighted by atomic mass is 9.99. The first-order chi connectivity index (χ1) is 42.8. The minimum atomic E-state index is -1.55. The largest absolute Gasteiger partial charge is 0.394 e. The summed E-state index contributed by atoms with van der Waals surface area (Å²) < 4.78 is 11.4. The molecule has 7 unspecified atom stereocenters. The third-order valence-electron chi connectivity index (χ3n) is 19.7. The minimum absolute atomic E-state index is 0.130. The number of ether oxygens (including phenoxy) is 2. The summed E-state index contributed by atoms with van der Waals surface area (Å²) in [5, 5.41) is 55.0. The van der Waals surface area contributed by atoms with Gasteiger partial charge in [0.2, 0.25) is 5.91 Å². The first-order valence-electron chi connectivity index (χ1n) is 39.7. The van der Waals surface area contributed by atoms with Crippen LogP contribution in [-0.2, 0) is 14.3 Å². The molecule has 1 aliphatic heterocycles. The fourth-order valence-corrected chi connectivity index (χ4v) is 13.5. The van der Waals surface area contributed by atoms with E-state index in [9.17, 15) is 30.3 Å². The van der Waals surface area contributed by atoms with Crippen LogP contribution in [0.4, 0.5) is 0 Å². The molecule has 1 amide bonds. The molecule has 1 saturated heterocycles. The molecule has 0 aromatic rings. The molecule has 0 radical (unpaired) electrons. The maximum Gasteiger partial charge on any atom is 0.220 e. The molecule has 0 bridgehead atoms. The number of nitrogens with one attached hydrogen (secondary N) is 1. The summed E-state index contributed by atoms with van der Waals surface area (Å²) in [5.41, 5.74) is 0. The van der Waals surface area contributed by atoms with Gasteiger partial charge in [-0.05, 0) is 12.8 Å². The molecule has 7 atom stereocenters. The summed E-state index contributed by atoms with van der Waals surface area (Å²) in [6, 6.07) is -0.716. The van der Waals surface area contributed by atoms with Crippen LogP contribution >= 0.6 is 0 Å². The summed E-state index contributed by atoms with van der Waals surface area (Å²) in [6.07, 6.45) is 80.8. The van der Waals surface area contributed by atoms with E-state index in [1.54, 1.807) is 0 Å². The Morgan fingerprint density at radius 2 is 0.575 bits per heavy atom. The molecule has 1 fully saturated rings. The fraction of sp³-hybridized carbons (Fsp3) is 0.987. The molecule has 0 aromatic heterocycles. The van der Waals surface area contributed by atoms with E-state index in [1.807, 2.05) is 0 Å². The Labute approximate surface area is 542 Å². The smallest absolute Gasteiger partial charge is 0.220 e. The van der Waals surface area contributed by atoms with Crippen molar-refractivity contribution >= 4 is 5.91 Å². The van der Waals surface area contributed by atoms with Crippen LogP contribution in [0.5, 0.6) is 0 Å². The van der Waals surface area contributed by atoms with Gasteiger partial charge in [-0.25, -0.2) is 0 Å². The monoisotopic (exact) mass is 1230 g/mol. The van der Waals surface area contributed by atoms with E-state index in [-0.39, 0.29) is 12.5 Å². The number of aliphatic hydroxyl groups is 5. The average molecular weight is 1240 g/mol. The second-order valence-electron chi connectivity index (χ2n) is 28.2. The van der Waals surface area contributed by atoms with Gasteiger partial charge in [-0.3, -0.25) is 4.79 Å². The molecule has 0 aromatic carbocycles. The van der Waals surface area contributed by atoms with Crippen molar-refractivity contribution in [3.05, 3.63) is 0 Å². The van der Waals surface area contributed by atoms with E-state index >= 15 is 0 Å². The summed E-state index contributed by atoms with van der Waals surface area (Å²) >= 11 is 0. The zero-order valence-corrected chi connectivity index (χ0v) is 58.6. The van der Waals surface area contributed by atoms with Crippen molar-refractivity contribution in [1.29, 1.82) is 0 Å². The molecule has 0 saturated carbocycles. The van der Waals surface area contributed by atoms with Crippen molar-refractivity contribution in [1.82, 2.24) is 5.32 Å². The molecule has 1 heterocycles. The van der Waals surface area contributed by atoms with Crippen molar-refractivity contribution in [2.45, 2.75) is 480 Å². The van der Waals surface area contributed by atoms with Crippen LogP contribution in [0.25, 0.3) is 0 Å². The van der Waals surface area contributed by atoms with E-state index in [4.69, 9.17) is 9.47 Å². The van der Waals surface area contributed by atoms with Gasteiger partial charge in [0.15, 0.2) is 6.29 Å². The van der Waals surface area contributed by atoms with Crippen LogP contribution in [0.3, 0.4) is 0 Å². The van der Waals surface area contributed by atoms with Crippen molar-refractivity contribution in [3.63, 3.8) is 0 Å². The first-order valence-corrected chi connectivity index (χ1v) is 39.7. The highest BCUT2D eigenvalue weighted by Crippen LogP contribution is 2.25. The average Bonchev–Trinajstić information content (AvgIpc) is 3.47.